The van der Waals surface area contributed by atoms with Crippen LogP contribution in [0.5, 0.6) is 0 Å². The highest BCUT2D eigenvalue weighted by atomic mass is 16.2. The first-order valence-corrected chi connectivity index (χ1v) is 7.68. The van der Waals surface area contributed by atoms with Crippen LogP contribution in [0.2, 0.25) is 0 Å². The first-order valence-electron chi connectivity index (χ1n) is 7.68. The first kappa shape index (κ1) is 16.6. The summed E-state index contributed by atoms with van der Waals surface area (Å²) in [6.45, 7) is 1.59. The zero-order chi connectivity index (χ0) is 18.2. The Morgan fingerprint density at radius 2 is 1.84 bits per heavy atom. The highest BCUT2D eigenvalue weighted by Gasteiger charge is 2.49. The maximum Gasteiger partial charge on any atom is 0.325 e. The van der Waals surface area contributed by atoms with Crippen molar-refractivity contribution in [2.45, 2.75) is 19.0 Å². The lowest BCUT2D eigenvalue weighted by atomic mass is 9.92. The van der Waals surface area contributed by atoms with Crippen LogP contribution >= 0.6 is 0 Å². The van der Waals surface area contributed by atoms with E-state index < -0.39 is 11.6 Å². The number of imide groups is 1. The van der Waals surface area contributed by atoms with E-state index in [4.69, 9.17) is 5.73 Å². The molecule has 1 aromatic heterocycles. The van der Waals surface area contributed by atoms with Gasteiger partial charge in [0, 0.05) is 14.1 Å². The molecule has 0 bridgehead atoms. The van der Waals surface area contributed by atoms with Gasteiger partial charge in [0.2, 0.25) is 11.9 Å². The Hall–Kier alpha value is -3.23. The van der Waals surface area contributed by atoms with E-state index in [1.807, 2.05) is 18.2 Å². The van der Waals surface area contributed by atoms with E-state index in [2.05, 4.69) is 20.3 Å². The average Bonchev–Trinajstić information content (AvgIpc) is 2.79. The number of benzene rings is 1. The predicted octanol–water partition coefficient (Wildman–Crippen LogP) is 0.487. The van der Waals surface area contributed by atoms with Gasteiger partial charge in [-0.15, -0.1) is 0 Å². The van der Waals surface area contributed by atoms with Gasteiger partial charge in [-0.2, -0.15) is 15.0 Å². The fourth-order valence-electron chi connectivity index (χ4n) is 2.64. The molecule has 1 fully saturated rings. The minimum atomic E-state index is -1.12. The Balaban J connectivity index is 1.89. The first-order chi connectivity index (χ1) is 11.8. The third-order valence-corrected chi connectivity index (χ3v) is 4.01. The van der Waals surface area contributed by atoms with E-state index in [0.29, 0.717) is 11.5 Å². The Morgan fingerprint density at radius 3 is 2.48 bits per heavy atom. The molecule has 3 N–H and O–H groups in total. The highest BCUT2D eigenvalue weighted by Crippen LogP contribution is 2.29. The lowest BCUT2D eigenvalue weighted by Gasteiger charge is -2.22. The van der Waals surface area contributed by atoms with Gasteiger partial charge in [0.15, 0.2) is 5.82 Å². The number of carbonyl (C=O) groups is 2. The summed E-state index contributed by atoms with van der Waals surface area (Å²) in [5.74, 6) is 0.276. The summed E-state index contributed by atoms with van der Waals surface area (Å²) >= 11 is 0. The van der Waals surface area contributed by atoms with Crippen molar-refractivity contribution in [1.82, 2.24) is 25.2 Å². The van der Waals surface area contributed by atoms with E-state index in [9.17, 15) is 9.59 Å². The van der Waals surface area contributed by atoms with Crippen molar-refractivity contribution in [2.24, 2.45) is 0 Å². The Labute approximate surface area is 144 Å². The van der Waals surface area contributed by atoms with Crippen LogP contribution in [0.3, 0.4) is 0 Å². The van der Waals surface area contributed by atoms with Crippen molar-refractivity contribution in [2.75, 3.05) is 24.7 Å². The normalized spacial score (nSPS) is 19.9. The molecule has 0 spiro atoms. The largest absolute Gasteiger partial charge is 0.368 e. The zero-order valence-corrected chi connectivity index (χ0v) is 14.2. The summed E-state index contributed by atoms with van der Waals surface area (Å²) in [5.41, 5.74) is 5.28. The summed E-state index contributed by atoms with van der Waals surface area (Å²) in [4.78, 5) is 40.3. The van der Waals surface area contributed by atoms with Crippen molar-refractivity contribution in [1.29, 1.82) is 0 Å². The van der Waals surface area contributed by atoms with Gasteiger partial charge in [-0.3, -0.25) is 9.69 Å². The Kier molecular flexibility index (Phi) is 3.99. The van der Waals surface area contributed by atoms with Crippen molar-refractivity contribution in [3.63, 3.8) is 0 Å². The van der Waals surface area contributed by atoms with Gasteiger partial charge < -0.3 is 16.0 Å². The second-order valence-electron chi connectivity index (χ2n) is 6.12. The lowest BCUT2D eigenvalue weighted by Crippen LogP contribution is -2.40. The van der Waals surface area contributed by atoms with Gasteiger partial charge in [-0.05, 0) is 12.5 Å². The van der Waals surface area contributed by atoms with Crippen molar-refractivity contribution in [3.8, 4) is 0 Å². The number of hydrogen-bond donors (Lipinski definition) is 2. The van der Waals surface area contributed by atoms with E-state index in [0.717, 1.165) is 4.90 Å². The van der Waals surface area contributed by atoms with Crippen LogP contribution in [0.25, 0.3) is 0 Å². The topological polar surface area (TPSA) is 117 Å². The number of nitrogen functional groups attached to an aromatic ring is 1. The molecule has 9 nitrogen and oxygen atoms in total. The highest BCUT2D eigenvalue weighted by molar-refractivity contribution is 6.07. The fourth-order valence-corrected chi connectivity index (χ4v) is 2.64. The van der Waals surface area contributed by atoms with Gasteiger partial charge in [-0.1, -0.05) is 30.3 Å². The molecule has 1 atom stereocenters. The minimum absolute atomic E-state index is 0.0339. The molecule has 9 heteroatoms. The number of nitrogens with one attached hydrogen (secondary N) is 1. The van der Waals surface area contributed by atoms with Crippen molar-refractivity contribution in [3.05, 3.63) is 41.7 Å². The lowest BCUT2D eigenvalue weighted by molar-refractivity contribution is -0.131. The number of urea groups is 1. The number of amides is 3. The number of carbonyl (C=O) groups excluding carboxylic acids is 2. The van der Waals surface area contributed by atoms with Crippen molar-refractivity contribution >= 4 is 23.8 Å². The Bertz CT molecular complexity index is 824. The van der Waals surface area contributed by atoms with Crippen LogP contribution in [0, 0.1) is 0 Å². The molecule has 3 rings (SSSR count). The minimum Gasteiger partial charge on any atom is -0.368 e. The van der Waals surface area contributed by atoms with Crippen molar-refractivity contribution < 1.29 is 9.59 Å². The molecular weight excluding hydrogens is 322 g/mol. The third kappa shape index (κ3) is 2.95. The number of rotatable bonds is 4. The van der Waals surface area contributed by atoms with Crippen LogP contribution < -0.4 is 16.0 Å². The van der Waals surface area contributed by atoms with Crippen LogP contribution in [-0.4, -0.2) is 45.9 Å². The monoisotopic (exact) mass is 341 g/mol. The van der Waals surface area contributed by atoms with Gasteiger partial charge in [0.05, 0.1) is 6.54 Å². The van der Waals surface area contributed by atoms with Crippen LogP contribution in [0.1, 0.15) is 18.3 Å². The van der Waals surface area contributed by atoms with Crippen LogP contribution in [0.4, 0.5) is 16.7 Å². The molecule has 25 heavy (non-hydrogen) atoms. The van der Waals surface area contributed by atoms with E-state index in [-0.39, 0.29) is 24.2 Å². The molecule has 1 aliphatic heterocycles. The number of aromatic nitrogens is 3. The smallest absolute Gasteiger partial charge is 0.325 e. The van der Waals surface area contributed by atoms with E-state index in [1.54, 1.807) is 38.1 Å². The molecule has 2 heterocycles. The van der Waals surface area contributed by atoms with Crippen LogP contribution in [-0.2, 0) is 16.9 Å². The molecular formula is C16H19N7O2. The summed E-state index contributed by atoms with van der Waals surface area (Å²) in [6, 6.07) is 8.58. The summed E-state index contributed by atoms with van der Waals surface area (Å²) in [6.07, 6.45) is 0. The number of nitrogens with two attached hydrogens (primary N) is 1. The third-order valence-electron chi connectivity index (χ3n) is 4.01. The fraction of sp³-hybridized carbons (Fsp3) is 0.312. The molecule has 0 unspecified atom stereocenters. The Morgan fingerprint density at radius 1 is 1.16 bits per heavy atom. The molecule has 3 amide bonds. The summed E-state index contributed by atoms with van der Waals surface area (Å²) < 4.78 is 0. The van der Waals surface area contributed by atoms with E-state index in [1.165, 1.54) is 0 Å². The molecule has 2 aromatic rings. The van der Waals surface area contributed by atoms with Gasteiger partial charge in [0.1, 0.15) is 5.54 Å². The quantitative estimate of drug-likeness (QED) is 0.777. The second kappa shape index (κ2) is 6.00. The molecule has 130 valence electrons. The molecule has 0 radical (unpaired) electrons. The van der Waals surface area contributed by atoms with Crippen LogP contribution in [0.15, 0.2) is 30.3 Å². The molecule has 1 saturated heterocycles. The number of nitrogens with zero attached hydrogens (tertiary/aromatic N) is 5. The number of anilines is 2. The SMILES string of the molecule is CN(C)c1nc(N)nc(CN2C(=O)N[C@@](C)(c3ccccc3)C2=O)n1. The number of hydrogen-bond acceptors (Lipinski definition) is 7. The summed E-state index contributed by atoms with van der Waals surface area (Å²) in [7, 11) is 3.53. The second-order valence-corrected chi connectivity index (χ2v) is 6.12. The summed E-state index contributed by atoms with van der Waals surface area (Å²) in [5, 5.41) is 2.74. The average molecular weight is 341 g/mol. The van der Waals surface area contributed by atoms with Gasteiger partial charge in [-0.25, -0.2) is 4.79 Å². The van der Waals surface area contributed by atoms with Gasteiger partial charge in [0.25, 0.3) is 5.91 Å². The predicted molar refractivity (Wildman–Crippen MR) is 91.4 cm³/mol. The van der Waals surface area contributed by atoms with E-state index >= 15 is 0 Å². The molecule has 0 aliphatic carbocycles. The molecule has 1 aliphatic rings. The standard InChI is InChI=1S/C16H19N7O2/c1-16(10-7-5-4-6-8-10)12(24)23(15(25)21-16)9-11-18-13(17)20-14(19-11)22(2)3/h4-8H,9H2,1-3H3,(H,21,25)(H2,17,18,19,20)/t16-/m0/s1. The zero-order valence-electron chi connectivity index (χ0n) is 14.2. The maximum atomic E-state index is 12.9. The van der Waals surface area contributed by atoms with Gasteiger partial charge >= 0.3 is 6.03 Å². The molecule has 0 saturated carbocycles. The molecule has 1 aromatic carbocycles. The maximum absolute atomic E-state index is 12.9.